The minimum atomic E-state index is 1.07. The summed E-state index contributed by atoms with van der Waals surface area (Å²) in [6.45, 7) is 0. The van der Waals surface area contributed by atoms with Gasteiger partial charge in [0.15, 0.2) is 0 Å². The predicted octanol–water partition coefficient (Wildman–Crippen LogP) is 2.73. The molecule has 1 aliphatic carbocycles. The van der Waals surface area contributed by atoms with Gasteiger partial charge in [0.1, 0.15) is 0 Å². The highest BCUT2D eigenvalue weighted by Gasteiger charge is 1.98. The maximum atomic E-state index is 8.31. The third-order valence-electron chi connectivity index (χ3n) is 2.05. The quantitative estimate of drug-likeness (QED) is 0.350. The molecule has 0 aromatic heterocycles. The normalized spacial score (nSPS) is 25.6. The van der Waals surface area contributed by atoms with Gasteiger partial charge in [-0.05, 0) is 31.3 Å². The molecule has 0 fully saturated rings. The van der Waals surface area contributed by atoms with Gasteiger partial charge in [0.25, 0.3) is 0 Å². The molecule has 2 nitrogen and oxygen atoms in total. The van der Waals surface area contributed by atoms with Crippen molar-refractivity contribution in [2.75, 3.05) is 0 Å². The summed E-state index contributed by atoms with van der Waals surface area (Å²) in [5.41, 5.74) is 1.19. The zero-order valence-corrected chi connectivity index (χ0v) is 6.79. The molecule has 1 aliphatic rings. The Morgan fingerprint density at radius 2 is 2.09 bits per heavy atom. The highest BCUT2D eigenvalue weighted by molar-refractivity contribution is 5.77. The summed E-state index contributed by atoms with van der Waals surface area (Å²) in [5.74, 6) is 0. The fraction of sp³-hybridized carbons (Fsp3) is 0.667. The number of allylic oxidation sites excluding steroid dienone is 2. The maximum Gasteiger partial charge on any atom is 0.0690 e. The summed E-state index contributed by atoms with van der Waals surface area (Å²) < 4.78 is 0. The van der Waals surface area contributed by atoms with E-state index in [0.717, 1.165) is 12.8 Å². The lowest BCUT2D eigenvalue weighted by Crippen LogP contribution is -1.91. The van der Waals surface area contributed by atoms with E-state index in [1.165, 1.54) is 31.3 Å². The molecule has 2 heteroatoms. The van der Waals surface area contributed by atoms with Crippen molar-refractivity contribution in [2.45, 2.75) is 38.5 Å². The van der Waals surface area contributed by atoms with Crippen molar-refractivity contribution in [2.24, 2.45) is 5.16 Å². The van der Waals surface area contributed by atoms with Crippen molar-refractivity contribution < 1.29 is 5.21 Å². The molecule has 0 aromatic carbocycles. The van der Waals surface area contributed by atoms with Crippen molar-refractivity contribution >= 4 is 6.21 Å². The standard InChI is InChI=1S/C9H15NO/c11-10-8-9-6-4-2-1-3-5-7-9/h6,8,11H,1-5,7H2/b9-6+,10-8+. The molecule has 0 radical (unpaired) electrons. The van der Waals surface area contributed by atoms with Gasteiger partial charge in [-0.15, -0.1) is 0 Å². The highest BCUT2D eigenvalue weighted by atomic mass is 16.4. The second-order valence-corrected chi connectivity index (χ2v) is 2.98. The van der Waals surface area contributed by atoms with Gasteiger partial charge in [-0.2, -0.15) is 0 Å². The van der Waals surface area contributed by atoms with E-state index in [4.69, 9.17) is 5.21 Å². The Kier molecular flexibility index (Phi) is 3.73. The molecule has 0 bridgehead atoms. The zero-order valence-electron chi connectivity index (χ0n) is 6.79. The topological polar surface area (TPSA) is 32.6 Å². The first kappa shape index (κ1) is 8.31. The Morgan fingerprint density at radius 1 is 1.27 bits per heavy atom. The fourth-order valence-corrected chi connectivity index (χ4v) is 1.41. The molecule has 0 atom stereocenters. The van der Waals surface area contributed by atoms with E-state index < -0.39 is 0 Å². The molecular weight excluding hydrogens is 138 g/mol. The van der Waals surface area contributed by atoms with Crippen molar-refractivity contribution in [3.63, 3.8) is 0 Å². The molecule has 0 aromatic rings. The van der Waals surface area contributed by atoms with E-state index in [1.54, 1.807) is 6.21 Å². The minimum Gasteiger partial charge on any atom is -0.411 e. The predicted molar refractivity (Wildman–Crippen MR) is 46.1 cm³/mol. The van der Waals surface area contributed by atoms with Gasteiger partial charge in [-0.3, -0.25) is 0 Å². The Balaban J connectivity index is 2.45. The zero-order chi connectivity index (χ0) is 7.94. The summed E-state index contributed by atoms with van der Waals surface area (Å²) >= 11 is 0. The molecule has 62 valence electrons. The summed E-state index contributed by atoms with van der Waals surface area (Å²) in [6.07, 6.45) is 11.1. The first-order chi connectivity index (χ1) is 5.43. The SMILES string of the molecule is O/N=C/C1=C/CCCCCC1. The molecule has 1 N–H and O–H groups in total. The van der Waals surface area contributed by atoms with Gasteiger partial charge >= 0.3 is 0 Å². The van der Waals surface area contributed by atoms with Gasteiger partial charge in [-0.25, -0.2) is 0 Å². The van der Waals surface area contributed by atoms with Crippen molar-refractivity contribution in [3.8, 4) is 0 Å². The van der Waals surface area contributed by atoms with Crippen molar-refractivity contribution in [3.05, 3.63) is 11.6 Å². The number of oxime groups is 1. The molecule has 0 aliphatic heterocycles. The van der Waals surface area contributed by atoms with E-state index in [2.05, 4.69) is 11.2 Å². The molecule has 0 unspecified atom stereocenters. The highest BCUT2D eigenvalue weighted by Crippen LogP contribution is 2.15. The van der Waals surface area contributed by atoms with E-state index in [1.807, 2.05) is 0 Å². The average molecular weight is 153 g/mol. The molecule has 1 rings (SSSR count). The third kappa shape index (κ3) is 3.21. The van der Waals surface area contributed by atoms with E-state index in [9.17, 15) is 0 Å². The van der Waals surface area contributed by atoms with Gasteiger partial charge < -0.3 is 5.21 Å². The number of hydrogen-bond acceptors (Lipinski definition) is 2. The van der Waals surface area contributed by atoms with Crippen LogP contribution in [-0.2, 0) is 0 Å². The average Bonchev–Trinajstić information content (AvgIpc) is 1.94. The molecular formula is C9H15NO. The van der Waals surface area contributed by atoms with Crippen LogP contribution >= 0.6 is 0 Å². The fourth-order valence-electron chi connectivity index (χ4n) is 1.41. The lowest BCUT2D eigenvalue weighted by Gasteiger charge is -2.05. The smallest absolute Gasteiger partial charge is 0.0690 e. The second kappa shape index (κ2) is 4.94. The van der Waals surface area contributed by atoms with Crippen molar-refractivity contribution in [1.82, 2.24) is 0 Å². The van der Waals surface area contributed by atoms with Crippen LogP contribution in [-0.4, -0.2) is 11.4 Å². The van der Waals surface area contributed by atoms with Crippen LogP contribution in [0.5, 0.6) is 0 Å². The van der Waals surface area contributed by atoms with Crippen LogP contribution in [0, 0.1) is 0 Å². The Bertz CT molecular complexity index is 161. The summed E-state index contributed by atoms with van der Waals surface area (Å²) in [7, 11) is 0. The summed E-state index contributed by atoms with van der Waals surface area (Å²) in [4.78, 5) is 0. The van der Waals surface area contributed by atoms with E-state index in [-0.39, 0.29) is 0 Å². The van der Waals surface area contributed by atoms with Crippen LogP contribution in [0.15, 0.2) is 16.8 Å². The number of nitrogens with zero attached hydrogens (tertiary/aromatic N) is 1. The largest absolute Gasteiger partial charge is 0.411 e. The van der Waals surface area contributed by atoms with Crippen LogP contribution < -0.4 is 0 Å². The second-order valence-electron chi connectivity index (χ2n) is 2.98. The van der Waals surface area contributed by atoms with Crippen LogP contribution in [0.2, 0.25) is 0 Å². The van der Waals surface area contributed by atoms with Crippen LogP contribution in [0.4, 0.5) is 0 Å². The van der Waals surface area contributed by atoms with Gasteiger partial charge in [0.2, 0.25) is 0 Å². The first-order valence-electron chi connectivity index (χ1n) is 4.30. The first-order valence-corrected chi connectivity index (χ1v) is 4.30. The number of rotatable bonds is 1. The number of hydrogen-bond donors (Lipinski definition) is 1. The summed E-state index contributed by atoms with van der Waals surface area (Å²) in [5, 5.41) is 11.3. The molecule has 0 saturated carbocycles. The Hall–Kier alpha value is -0.790. The molecule has 0 saturated heterocycles. The van der Waals surface area contributed by atoms with Crippen molar-refractivity contribution in [1.29, 1.82) is 0 Å². The Labute approximate surface area is 67.6 Å². The third-order valence-corrected chi connectivity index (χ3v) is 2.05. The molecule has 11 heavy (non-hydrogen) atoms. The molecule has 0 heterocycles. The lowest BCUT2D eigenvalue weighted by molar-refractivity contribution is 0.321. The van der Waals surface area contributed by atoms with Gasteiger partial charge in [0.05, 0.1) is 6.21 Å². The van der Waals surface area contributed by atoms with Crippen LogP contribution in [0.1, 0.15) is 38.5 Å². The van der Waals surface area contributed by atoms with E-state index >= 15 is 0 Å². The van der Waals surface area contributed by atoms with Gasteiger partial charge in [0, 0.05) is 0 Å². The molecule has 0 spiro atoms. The maximum absolute atomic E-state index is 8.31. The van der Waals surface area contributed by atoms with Gasteiger partial charge in [-0.1, -0.05) is 24.1 Å². The van der Waals surface area contributed by atoms with Crippen LogP contribution in [0.25, 0.3) is 0 Å². The Morgan fingerprint density at radius 3 is 2.91 bits per heavy atom. The lowest BCUT2D eigenvalue weighted by atomic mass is 10.0. The van der Waals surface area contributed by atoms with Crippen LogP contribution in [0.3, 0.4) is 0 Å². The molecule has 0 amide bonds. The summed E-state index contributed by atoms with van der Waals surface area (Å²) in [6, 6.07) is 0. The monoisotopic (exact) mass is 153 g/mol. The minimum absolute atomic E-state index is 1.07. The van der Waals surface area contributed by atoms with E-state index in [0.29, 0.717) is 0 Å².